The van der Waals surface area contributed by atoms with Crippen molar-refractivity contribution < 1.29 is 9.53 Å². The molecule has 1 fully saturated rings. The van der Waals surface area contributed by atoms with Gasteiger partial charge in [0.05, 0.1) is 6.10 Å². The highest BCUT2D eigenvalue weighted by Crippen LogP contribution is 2.20. The van der Waals surface area contributed by atoms with Gasteiger partial charge in [-0.2, -0.15) is 0 Å². The van der Waals surface area contributed by atoms with E-state index in [-0.39, 0.29) is 18.1 Å². The fraction of sp³-hybridized carbons (Fsp3) is 0.588. The van der Waals surface area contributed by atoms with Crippen LogP contribution < -0.4 is 5.73 Å². The van der Waals surface area contributed by atoms with Crippen molar-refractivity contribution in [3.63, 3.8) is 0 Å². The Hall–Kier alpha value is -1.55. The molecule has 4 heteroatoms. The Kier molecular flexibility index (Phi) is 5.62. The zero-order chi connectivity index (χ0) is 15.2. The van der Waals surface area contributed by atoms with Crippen LogP contribution in [0, 0.1) is 0 Å². The minimum Gasteiger partial charge on any atom is -0.398 e. The number of benzene rings is 1. The zero-order valence-corrected chi connectivity index (χ0v) is 13.0. The molecule has 1 amide bonds. The normalized spacial score (nSPS) is 18.1. The fourth-order valence-corrected chi connectivity index (χ4v) is 2.72. The molecule has 1 aromatic rings. The highest BCUT2D eigenvalue weighted by Gasteiger charge is 2.21. The van der Waals surface area contributed by atoms with Crippen LogP contribution in [0.5, 0.6) is 0 Å². The van der Waals surface area contributed by atoms with E-state index >= 15 is 0 Å². The summed E-state index contributed by atoms with van der Waals surface area (Å²) in [6.07, 6.45) is 3.85. The van der Waals surface area contributed by atoms with Gasteiger partial charge in [-0.1, -0.05) is 18.2 Å². The smallest absolute Gasteiger partial charge is 0.223 e. The molecular weight excluding hydrogens is 264 g/mol. The molecule has 1 aromatic carbocycles. The third-order valence-electron chi connectivity index (χ3n) is 4.04. The summed E-state index contributed by atoms with van der Waals surface area (Å²) in [5.41, 5.74) is 7.74. The van der Waals surface area contributed by atoms with Crippen molar-refractivity contribution in [1.82, 2.24) is 4.90 Å². The van der Waals surface area contributed by atoms with E-state index in [9.17, 15) is 4.79 Å². The molecule has 0 radical (unpaired) electrons. The van der Waals surface area contributed by atoms with E-state index in [0.29, 0.717) is 13.0 Å². The maximum atomic E-state index is 12.5. The van der Waals surface area contributed by atoms with E-state index in [2.05, 4.69) is 0 Å². The van der Waals surface area contributed by atoms with Crippen LogP contribution in [-0.4, -0.2) is 29.6 Å². The summed E-state index contributed by atoms with van der Waals surface area (Å²) in [6.45, 7) is 5.51. The molecule has 1 aliphatic heterocycles. The summed E-state index contributed by atoms with van der Waals surface area (Å²) in [6, 6.07) is 7.91. The van der Waals surface area contributed by atoms with Crippen molar-refractivity contribution in [2.75, 3.05) is 12.3 Å². The second-order valence-electron chi connectivity index (χ2n) is 5.99. The molecule has 1 unspecified atom stereocenters. The van der Waals surface area contributed by atoms with Gasteiger partial charge in [0.2, 0.25) is 5.91 Å². The monoisotopic (exact) mass is 290 g/mol. The summed E-state index contributed by atoms with van der Waals surface area (Å²) in [7, 11) is 0. The van der Waals surface area contributed by atoms with Gasteiger partial charge >= 0.3 is 0 Å². The third-order valence-corrected chi connectivity index (χ3v) is 4.04. The molecular formula is C17H26N2O2. The highest BCUT2D eigenvalue weighted by atomic mass is 16.5. The first-order valence-electron chi connectivity index (χ1n) is 7.82. The zero-order valence-electron chi connectivity index (χ0n) is 13.0. The molecule has 1 atom stereocenters. The largest absolute Gasteiger partial charge is 0.398 e. The van der Waals surface area contributed by atoms with Crippen LogP contribution in [-0.2, 0) is 16.1 Å². The third kappa shape index (κ3) is 4.46. The molecule has 1 aliphatic rings. The first-order chi connectivity index (χ1) is 10.1. The molecule has 1 saturated heterocycles. The summed E-state index contributed by atoms with van der Waals surface area (Å²) in [4.78, 5) is 14.4. The molecule has 1 heterocycles. The summed E-state index contributed by atoms with van der Waals surface area (Å²) in [5.74, 6) is 0.184. The Morgan fingerprint density at radius 2 is 2.19 bits per heavy atom. The van der Waals surface area contributed by atoms with Gasteiger partial charge in [0.25, 0.3) is 0 Å². The average molecular weight is 290 g/mol. The van der Waals surface area contributed by atoms with Crippen LogP contribution in [0.2, 0.25) is 0 Å². The topological polar surface area (TPSA) is 55.6 Å². The minimum atomic E-state index is 0.168. The molecule has 2 N–H and O–H groups in total. The quantitative estimate of drug-likeness (QED) is 0.819. The lowest BCUT2D eigenvalue weighted by molar-refractivity contribution is -0.134. The van der Waals surface area contributed by atoms with Crippen LogP contribution in [0.15, 0.2) is 24.3 Å². The summed E-state index contributed by atoms with van der Waals surface area (Å²) in [5, 5.41) is 0. The van der Waals surface area contributed by atoms with Crippen LogP contribution in [0.4, 0.5) is 5.69 Å². The molecule has 116 valence electrons. The number of amides is 1. The van der Waals surface area contributed by atoms with Crippen LogP contribution >= 0.6 is 0 Å². The van der Waals surface area contributed by atoms with Gasteiger partial charge in [-0.15, -0.1) is 0 Å². The van der Waals surface area contributed by atoms with E-state index in [1.165, 1.54) is 0 Å². The van der Waals surface area contributed by atoms with Gasteiger partial charge < -0.3 is 15.4 Å². The predicted octanol–water partition coefficient (Wildman–Crippen LogP) is 2.97. The Bertz CT molecular complexity index is 468. The fourth-order valence-electron chi connectivity index (χ4n) is 2.72. The lowest BCUT2D eigenvalue weighted by atomic mass is 10.1. The van der Waals surface area contributed by atoms with Crippen LogP contribution in [0.25, 0.3) is 0 Å². The highest BCUT2D eigenvalue weighted by molar-refractivity contribution is 5.76. The Morgan fingerprint density at radius 1 is 1.43 bits per heavy atom. The van der Waals surface area contributed by atoms with Gasteiger partial charge in [0.15, 0.2) is 0 Å². The number of carbonyl (C=O) groups excluding carboxylic acids is 1. The first kappa shape index (κ1) is 15.8. The summed E-state index contributed by atoms with van der Waals surface area (Å²) >= 11 is 0. The van der Waals surface area contributed by atoms with Gasteiger partial charge in [-0.25, -0.2) is 0 Å². The van der Waals surface area contributed by atoms with Gasteiger partial charge in [-0.3, -0.25) is 4.79 Å². The van der Waals surface area contributed by atoms with E-state index in [0.717, 1.165) is 37.1 Å². The lowest BCUT2D eigenvalue weighted by Crippen LogP contribution is -2.36. The number of hydrogen-bond donors (Lipinski definition) is 1. The number of nitrogens with two attached hydrogens (primary N) is 1. The van der Waals surface area contributed by atoms with Crippen LogP contribution in [0.1, 0.15) is 45.1 Å². The molecule has 0 bridgehead atoms. The SMILES string of the molecule is CC(C)N(Cc1ccccc1N)C(=O)CCC1CCCO1. The van der Waals surface area contributed by atoms with Gasteiger partial charge in [0, 0.05) is 31.3 Å². The van der Waals surface area contributed by atoms with Crippen molar-refractivity contribution in [1.29, 1.82) is 0 Å². The van der Waals surface area contributed by atoms with E-state index in [1.807, 2.05) is 43.0 Å². The maximum Gasteiger partial charge on any atom is 0.223 e. The molecule has 0 saturated carbocycles. The molecule has 0 aromatic heterocycles. The van der Waals surface area contributed by atoms with E-state index in [4.69, 9.17) is 10.5 Å². The number of nitrogen functional groups attached to an aromatic ring is 1. The van der Waals surface area contributed by atoms with Crippen molar-refractivity contribution in [3.05, 3.63) is 29.8 Å². The Labute approximate surface area is 127 Å². The van der Waals surface area contributed by atoms with Gasteiger partial charge in [-0.05, 0) is 44.7 Å². The number of ether oxygens (including phenoxy) is 1. The number of nitrogens with zero attached hydrogens (tertiary/aromatic N) is 1. The maximum absolute atomic E-state index is 12.5. The molecule has 0 aliphatic carbocycles. The number of para-hydroxylation sites is 1. The van der Waals surface area contributed by atoms with Crippen molar-refractivity contribution >= 4 is 11.6 Å². The number of anilines is 1. The number of rotatable bonds is 6. The Balaban J connectivity index is 1.94. The number of hydrogen-bond acceptors (Lipinski definition) is 3. The van der Waals surface area contributed by atoms with E-state index in [1.54, 1.807) is 0 Å². The first-order valence-corrected chi connectivity index (χ1v) is 7.82. The summed E-state index contributed by atoms with van der Waals surface area (Å²) < 4.78 is 5.59. The van der Waals surface area contributed by atoms with Crippen molar-refractivity contribution in [2.45, 2.75) is 58.2 Å². The second-order valence-corrected chi connectivity index (χ2v) is 5.99. The van der Waals surface area contributed by atoms with Gasteiger partial charge in [0.1, 0.15) is 0 Å². The van der Waals surface area contributed by atoms with Crippen molar-refractivity contribution in [3.8, 4) is 0 Å². The lowest BCUT2D eigenvalue weighted by Gasteiger charge is -2.28. The minimum absolute atomic E-state index is 0.168. The molecule has 0 spiro atoms. The van der Waals surface area contributed by atoms with Crippen LogP contribution in [0.3, 0.4) is 0 Å². The second kappa shape index (κ2) is 7.46. The molecule has 2 rings (SSSR count). The molecule has 21 heavy (non-hydrogen) atoms. The number of carbonyl (C=O) groups is 1. The average Bonchev–Trinajstić information content (AvgIpc) is 2.97. The molecule has 4 nitrogen and oxygen atoms in total. The standard InChI is InChI=1S/C17H26N2O2/c1-13(2)19(12-14-6-3-4-8-16(14)18)17(20)10-9-15-7-5-11-21-15/h3-4,6,8,13,15H,5,7,9-12,18H2,1-2H3. The predicted molar refractivity (Wildman–Crippen MR) is 84.7 cm³/mol. The van der Waals surface area contributed by atoms with Crippen molar-refractivity contribution in [2.24, 2.45) is 0 Å². The Morgan fingerprint density at radius 3 is 2.81 bits per heavy atom. The van der Waals surface area contributed by atoms with E-state index < -0.39 is 0 Å².